The summed E-state index contributed by atoms with van der Waals surface area (Å²) in [5.74, 6) is 0.0564. The van der Waals surface area contributed by atoms with Crippen LogP contribution in [0.25, 0.3) is 10.9 Å². The highest BCUT2D eigenvalue weighted by atomic mass is 16.5. The molecular formula is C18H24N2O2. The topological polar surface area (TPSA) is 54.1 Å². The molecule has 1 amide bonds. The molecule has 0 saturated heterocycles. The van der Waals surface area contributed by atoms with Gasteiger partial charge in [-0.3, -0.25) is 4.79 Å². The smallest absolute Gasteiger partial charge is 0.220 e. The second kappa shape index (κ2) is 7.80. The number of nitrogens with one attached hydrogen (secondary N) is 2. The fraction of sp³-hybridized carbons (Fsp3) is 0.389. The first kappa shape index (κ1) is 16.3. The summed E-state index contributed by atoms with van der Waals surface area (Å²) in [6.07, 6.45) is 3.23. The van der Waals surface area contributed by atoms with Crippen LogP contribution in [0.4, 0.5) is 0 Å². The van der Waals surface area contributed by atoms with Crippen LogP contribution < -0.4 is 5.32 Å². The molecule has 4 heteroatoms. The quantitative estimate of drug-likeness (QED) is 0.581. The van der Waals surface area contributed by atoms with Gasteiger partial charge in [-0.2, -0.15) is 0 Å². The molecule has 0 spiro atoms. The maximum absolute atomic E-state index is 11.8. The molecule has 4 nitrogen and oxygen atoms in total. The molecule has 0 bridgehead atoms. The molecule has 118 valence electrons. The van der Waals surface area contributed by atoms with Gasteiger partial charge in [-0.25, -0.2) is 0 Å². The molecule has 0 fully saturated rings. The number of H-pyrrole nitrogens is 1. The van der Waals surface area contributed by atoms with E-state index in [1.807, 2.05) is 19.2 Å². The Morgan fingerprint density at radius 3 is 3.00 bits per heavy atom. The highest BCUT2D eigenvalue weighted by Gasteiger charge is 2.07. The van der Waals surface area contributed by atoms with Crippen molar-refractivity contribution < 1.29 is 9.53 Å². The van der Waals surface area contributed by atoms with Crippen molar-refractivity contribution in [2.45, 2.75) is 26.7 Å². The first-order chi connectivity index (χ1) is 10.6. The average Bonchev–Trinajstić information content (AvgIpc) is 2.89. The second-order valence-corrected chi connectivity index (χ2v) is 5.67. The van der Waals surface area contributed by atoms with E-state index in [9.17, 15) is 4.79 Å². The van der Waals surface area contributed by atoms with Crippen molar-refractivity contribution in [3.63, 3.8) is 0 Å². The van der Waals surface area contributed by atoms with E-state index in [2.05, 4.69) is 35.9 Å². The Labute approximate surface area is 131 Å². The maximum atomic E-state index is 11.8. The second-order valence-electron chi connectivity index (χ2n) is 5.67. The zero-order valence-electron chi connectivity index (χ0n) is 13.4. The number of aromatic nitrogens is 1. The van der Waals surface area contributed by atoms with Gasteiger partial charge in [0.05, 0.1) is 13.2 Å². The summed E-state index contributed by atoms with van der Waals surface area (Å²) in [7, 11) is 0. The Kier molecular flexibility index (Phi) is 5.78. The minimum absolute atomic E-state index is 0.0564. The number of para-hydroxylation sites is 1. The Morgan fingerprint density at radius 2 is 2.23 bits per heavy atom. The van der Waals surface area contributed by atoms with E-state index < -0.39 is 0 Å². The number of amides is 1. The molecule has 0 unspecified atom stereocenters. The van der Waals surface area contributed by atoms with Crippen molar-refractivity contribution in [1.29, 1.82) is 0 Å². The van der Waals surface area contributed by atoms with Crippen LogP contribution in [0.5, 0.6) is 0 Å². The zero-order chi connectivity index (χ0) is 15.9. The number of aryl methyl sites for hydroxylation is 2. The van der Waals surface area contributed by atoms with Gasteiger partial charge >= 0.3 is 0 Å². The highest BCUT2D eigenvalue weighted by molar-refractivity contribution is 5.86. The lowest BCUT2D eigenvalue weighted by atomic mass is 10.1. The highest BCUT2D eigenvalue weighted by Crippen LogP contribution is 2.22. The first-order valence-corrected chi connectivity index (χ1v) is 7.62. The van der Waals surface area contributed by atoms with Crippen LogP contribution >= 0.6 is 0 Å². The van der Waals surface area contributed by atoms with E-state index in [0.717, 1.165) is 17.5 Å². The van der Waals surface area contributed by atoms with Gasteiger partial charge in [-0.1, -0.05) is 30.4 Å². The molecule has 0 atom stereocenters. The van der Waals surface area contributed by atoms with Gasteiger partial charge in [-0.15, -0.1) is 0 Å². The normalized spacial score (nSPS) is 10.8. The Balaban J connectivity index is 1.76. The number of fused-ring (bicyclic) bond motifs is 1. The van der Waals surface area contributed by atoms with E-state index in [-0.39, 0.29) is 5.91 Å². The van der Waals surface area contributed by atoms with Gasteiger partial charge in [0, 0.05) is 30.1 Å². The minimum Gasteiger partial charge on any atom is -0.375 e. The summed E-state index contributed by atoms with van der Waals surface area (Å²) in [6.45, 7) is 9.37. The Bertz CT molecular complexity index is 658. The van der Waals surface area contributed by atoms with Crippen LogP contribution in [-0.2, 0) is 16.0 Å². The van der Waals surface area contributed by atoms with E-state index >= 15 is 0 Å². The molecular weight excluding hydrogens is 276 g/mol. The van der Waals surface area contributed by atoms with Gasteiger partial charge in [0.25, 0.3) is 0 Å². The number of hydrogen-bond acceptors (Lipinski definition) is 2. The van der Waals surface area contributed by atoms with Crippen molar-refractivity contribution >= 4 is 16.8 Å². The monoisotopic (exact) mass is 300 g/mol. The molecule has 1 aromatic carbocycles. The SMILES string of the molecule is C=C(C)COCCNC(=O)CCc1c[nH]c2c(C)cccc12. The lowest BCUT2D eigenvalue weighted by Crippen LogP contribution is -2.27. The van der Waals surface area contributed by atoms with Crippen molar-refractivity contribution in [1.82, 2.24) is 10.3 Å². The van der Waals surface area contributed by atoms with E-state index in [1.165, 1.54) is 16.5 Å². The van der Waals surface area contributed by atoms with Crippen molar-refractivity contribution in [2.75, 3.05) is 19.8 Å². The fourth-order valence-corrected chi connectivity index (χ4v) is 2.42. The number of hydrogen-bond donors (Lipinski definition) is 2. The molecule has 2 rings (SSSR count). The third-order valence-corrected chi connectivity index (χ3v) is 3.55. The van der Waals surface area contributed by atoms with Gasteiger partial charge in [0.2, 0.25) is 5.91 Å². The van der Waals surface area contributed by atoms with E-state index in [4.69, 9.17) is 4.74 Å². The maximum Gasteiger partial charge on any atom is 0.220 e. The van der Waals surface area contributed by atoms with Crippen LogP contribution in [0.3, 0.4) is 0 Å². The number of ether oxygens (including phenoxy) is 1. The average molecular weight is 300 g/mol. The molecule has 2 aromatic rings. The lowest BCUT2D eigenvalue weighted by molar-refractivity contribution is -0.121. The van der Waals surface area contributed by atoms with E-state index in [1.54, 1.807) is 0 Å². The summed E-state index contributed by atoms with van der Waals surface area (Å²) >= 11 is 0. The lowest BCUT2D eigenvalue weighted by Gasteiger charge is -2.06. The molecule has 0 radical (unpaired) electrons. The first-order valence-electron chi connectivity index (χ1n) is 7.62. The molecule has 1 heterocycles. The molecule has 22 heavy (non-hydrogen) atoms. The number of benzene rings is 1. The Morgan fingerprint density at radius 1 is 1.41 bits per heavy atom. The fourth-order valence-electron chi connectivity index (χ4n) is 2.42. The molecule has 0 saturated carbocycles. The van der Waals surface area contributed by atoms with Crippen molar-refractivity contribution in [2.24, 2.45) is 0 Å². The van der Waals surface area contributed by atoms with Crippen molar-refractivity contribution in [3.05, 3.63) is 47.7 Å². The van der Waals surface area contributed by atoms with Crippen LogP contribution in [0, 0.1) is 6.92 Å². The summed E-state index contributed by atoms with van der Waals surface area (Å²) < 4.78 is 5.35. The predicted octanol–water partition coefficient (Wildman–Crippen LogP) is 3.12. The number of aromatic amines is 1. The van der Waals surface area contributed by atoms with Crippen LogP contribution in [0.1, 0.15) is 24.5 Å². The largest absolute Gasteiger partial charge is 0.375 e. The summed E-state index contributed by atoms with van der Waals surface area (Å²) in [6, 6.07) is 6.23. The van der Waals surface area contributed by atoms with Gasteiger partial charge in [0.15, 0.2) is 0 Å². The minimum atomic E-state index is 0.0564. The molecule has 2 N–H and O–H groups in total. The summed E-state index contributed by atoms with van der Waals surface area (Å²) in [5.41, 5.74) is 4.56. The molecule has 0 aliphatic heterocycles. The van der Waals surface area contributed by atoms with Crippen LogP contribution in [-0.4, -0.2) is 30.6 Å². The van der Waals surface area contributed by atoms with Gasteiger partial charge in [0.1, 0.15) is 0 Å². The number of carbonyl (C=O) groups is 1. The third-order valence-electron chi connectivity index (χ3n) is 3.55. The van der Waals surface area contributed by atoms with Gasteiger partial charge in [-0.05, 0) is 31.4 Å². The molecule has 1 aromatic heterocycles. The predicted molar refractivity (Wildman–Crippen MR) is 90.0 cm³/mol. The summed E-state index contributed by atoms with van der Waals surface area (Å²) in [5, 5.41) is 4.08. The van der Waals surface area contributed by atoms with Crippen LogP contribution in [0.15, 0.2) is 36.5 Å². The van der Waals surface area contributed by atoms with Gasteiger partial charge < -0.3 is 15.0 Å². The van der Waals surface area contributed by atoms with E-state index in [0.29, 0.717) is 26.2 Å². The summed E-state index contributed by atoms with van der Waals surface area (Å²) in [4.78, 5) is 15.1. The molecule has 0 aliphatic rings. The zero-order valence-corrected chi connectivity index (χ0v) is 13.4. The molecule has 0 aliphatic carbocycles. The number of carbonyl (C=O) groups excluding carboxylic acids is 1. The standard InChI is InChI=1S/C18H24N2O2/c1-13(2)12-22-10-9-19-17(21)8-7-15-11-20-18-14(3)5-4-6-16(15)18/h4-6,11,20H,1,7-10,12H2,2-3H3,(H,19,21). The Hall–Kier alpha value is -2.07. The van der Waals surface area contributed by atoms with Crippen molar-refractivity contribution in [3.8, 4) is 0 Å². The number of rotatable bonds is 8. The third kappa shape index (κ3) is 4.46. The van der Waals surface area contributed by atoms with Crippen LogP contribution in [0.2, 0.25) is 0 Å².